The second-order valence-electron chi connectivity index (χ2n) is 10.9. The Labute approximate surface area is 209 Å². The van der Waals surface area contributed by atoms with E-state index in [9.17, 15) is 14.7 Å². The molecule has 1 heterocycles. The van der Waals surface area contributed by atoms with Crippen LogP contribution in [0, 0.1) is 0 Å². The fourth-order valence-corrected chi connectivity index (χ4v) is 3.93. The average molecular weight is 484 g/mol. The molecule has 0 radical (unpaired) electrons. The lowest BCUT2D eigenvalue weighted by molar-refractivity contribution is 0.0969. The molecule has 0 saturated heterocycles. The summed E-state index contributed by atoms with van der Waals surface area (Å²) in [7, 11) is 1.28. The molecule has 0 atom stereocenters. The molecule has 0 fully saturated rings. The van der Waals surface area contributed by atoms with Crippen LogP contribution in [0.15, 0.2) is 41.2 Å². The van der Waals surface area contributed by atoms with Crippen molar-refractivity contribution in [1.82, 2.24) is 9.13 Å². The zero-order valence-corrected chi connectivity index (χ0v) is 22.7. The molecule has 0 bridgehead atoms. The van der Waals surface area contributed by atoms with Gasteiger partial charge in [0.25, 0.3) is 0 Å². The molecular formula is C28H41N3O4. The summed E-state index contributed by atoms with van der Waals surface area (Å²) in [4.78, 5) is 29.6. The Bertz CT molecular complexity index is 1130. The minimum Gasteiger partial charge on any atom is -0.507 e. The highest BCUT2D eigenvalue weighted by Gasteiger charge is 2.28. The summed E-state index contributed by atoms with van der Waals surface area (Å²) in [5, 5.41) is 11.0. The summed E-state index contributed by atoms with van der Waals surface area (Å²) in [6, 6.07) is 3.55. The number of ketones is 1. The fraction of sp³-hybridized carbons (Fsp3) is 0.536. The standard InChI is InChI=1S/C28H41N3O4/c1-10-19(11-2)12-13-30-14-15-31(25(30)29-26(34)35-9)18-23(32)20-16-21(27(3,4)5)24(33)22(17-20)28(6,7)8/h12,14-17,33H,10-11,13,18H2,1-9H3/b29-25-. The molecule has 0 saturated carbocycles. The van der Waals surface area contributed by atoms with Gasteiger partial charge < -0.3 is 19.0 Å². The predicted octanol–water partition coefficient (Wildman–Crippen LogP) is 5.89. The van der Waals surface area contributed by atoms with Gasteiger partial charge in [-0.3, -0.25) is 4.79 Å². The Hall–Kier alpha value is -3.09. The number of amides is 1. The van der Waals surface area contributed by atoms with Gasteiger partial charge in [-0.05, 0) is 35.8 Å². The lowest BCUT2D eigenvalue weighted by atomic mass is 9.78. The van der Waals surface area contributed by atoms with Gasteiger partial charge in [-0.15, -0.1) is 4.99 Å². The number of nitrogens with zero attached hydrogens (tertiary/aromatic N) is 3. The molecule has 2 aromatic rings. The molecule has 1 amide bonds. The molecule has 7 heteroatoms. The molecule has 1 aromatic carbocycles. The number of carbonyl (C=O) groups is 2. The number of hydrogen-bond acceptors (Lipinski definition) is 4. The first-order valence-electron chi connectivity index (χ1n) is 12.2. The number of ether oxygens (including phenoxy) is 1. The van der Waals surface area contributed by atoms with Crippen LogP contribution in [0.5, 0.6) is 5.75 Å². The molecule has 0 aliphatic carbocycles. The molecule has 0 unspecified atom stereocenters. The van der Waals surface area contributed by atoms with E-state index < -0.39 is 6.09 Å². The van der Waals surface area contributed by atoms with Gasteiger partial charge in [0.05, 0.1) is 13.7 Å². The second-order valence-corrected chi connectivity index (χ2v) is 10.9. The van der Waals surface area contributed by atoms with Gasteiger partial charge in [-0.25, -0.2) is 4.79 Å². The topological polar surface area (TPSA) is 85.8 Å². The van der Waals surface area contributed by atoms with Gasteiger partial charge in [0.1, 0.15) is 5.75 Å². The maximum absolute atomic E-state index is 13.5. The SMILES string of the molecule is CCC(=CCn1ccn(CC(=O)c2cc(C(C)(C)C)c(O)c(C(C)(C)C)c2)/c1=N\C(=O)OC)CC. The van der Waals surface area contributed by atoms with Crippen molar-refractivity contribution < 1.29 is 19.4 Å². The maximum atomic E-state index is 13.5. The molecule has 0 aliphatic rings. The number of imidazole rings is 1. The van der Waals surface area contributed by atoms with Crippen molar-refractivity contribution in [2.75, 3.05) is 7.11 Å². The maximum Gasteiger partial charge on any atom is 0.436 e. The van der Waals surface area contributed by atoms with Crippen LogP contribution >= 0.6 is 0 Å². The second kappa shape index (κ2) is 11.1. The number of benzene rings is 1. The van der Waals surface area contributed by atoms with Crippen LogP contribution in [0.3, 0.4) is 0 Å². The highest BCUT2D eigenvalue weighted by atomic mass is 16.5. The van der Waals surface area contributed by atoms with Gasteiger partial charge in [0.15, 0.2) is 5.78 Å². The summed E-state index contributed by atoms with van der Waals surface area (Å²) in [5.41, 5.74) is 2.94. The first-order valence-corrected chi connectivity index (χ1v) is 12.2. The van der Waals surface area contributed by atoms with Crippen molar-refractivity contribution in [1.29, 1.82) is 0 Å². The number of aromatic hydroxyl groups is 1. The van der Waals surface area contributed by atoms with Crippen molar-refractivity contribution in [2.45, 2.75) is 92.2 Å². The van der Waals surface area contributed by atoms with Crippen molar-refractivity contribution >= 4 is 11.9 Å². The van der Waals surface area contributed by atoms with Crippen LogP contribution in [-0.2, 0) is 28.7 Å². The van der Waals surface area contributed by atoms with Crippen LogP contribution in [0.1, 0.15) is 89.7 Å². The van der Waals surface area contributed by atoms with Crippen molar-refractivity contribution in [3.8, 4) is 5.75 Å². The van der Waals surface area contributed by atoms with E-state index in [1.165, 1.54) is 12.7 Å². The number of rotatable bonds is 7. The highest BCUT2D eigenvalue weighted by Crippen LogP contribution is 2.39. The quantitative estimate of drug-likeness (QED) is 0.393. The highest BCUT2D eigenvalue weighted by molar-refractivity contribution is 5.96. The van der Waals surface area contributed by atoms with Gasteiger partial charge in [-0.2, -0.15) is 0 Å². The molecule has 1 aromatic heterocycles. The van der Waals surface area contributed by atoms with Crippen LogP contribution in [0.25, 0.3) is 0 Å². The molecule has 7 nitrogen and oxygen atoms in total. The number of hydrogen-bond donors (Lipinski definition) is 1. The van der Waals surface area contributed by atoms with Gasteiger partial charge in [0, 0.05) is 35.6 Å². The fourth-order valence-electron chi connectivity index (χ4n) is 3.93. The van der Waals surface area contributed by atoms with Gasteiger partial charge in [-0.1, -0.05) is 67.0 Å². The number of aromatic nitrogens is 2. The number of allylic oxidation sites excluding steroid dienone is 2. The predicted molar refractivity (Wildman–Crippen MR) is 139 cm³/mol. The number of Topliss-reactive ketones (excluding diaryl/α,β-unsaturated/α-hetero) is 1. The van der Waals surface area contributed by atoms with E-state index in [1.807, 2.05) is 52.3 Å². The molecule has 1 N–H and O–H groups in total. The van der Waals surface area contributed by atoms with E-state index in [0.29, 0.717) is 17.7 Å². The lowest BCUT2D eigenvalue weighted by Gasteiger charge is -2.28. The van der Waals surface area contributed by atoms with Crippen LogP contribution < -0.4 is 5.62 Å². The summed E-state index contributed by atoms with van der Waals surface area (Å²) in [6.45, 7) is 16.8. The Balaban J connectivity index is 2.56. The smallest absolute Gasteiger partial charge is 0.436 e. The number of carbonyl (C=O) groups excluding carboxylic acids is 2. The normalized spacial score (nSPS) is 12.5. The number of methoxy groups -OCH3 is 1. The first kappa shape index (κ1) is 28.1. The zero-order valence-electron chi connectivity index (χ0n) is 22.7. The van der Waals surface area contributed by atoms with Crippen molar-refractivity contribution in [3.63, 3.8) is 0 Å². The molecular weight excluding hydrogens is 442 g/mol. The third-order valence-corrected chi connectivity index (χ3v) is 6.15. The molecule has 192 valence electrons. The minimum absolute atomic E-state index is 0.00110. The van der Waals surface area contributed by atoms with E-state index in [1.54, 1.807) is 22.9 Å². The third kappa shape index (κ3) is 6.96. The Morgan fingerprint density at radius 2 is 1.49 bits per heavy atom. The molecule has 2 rings (SSSR count). The monoisotopic (exact) mass is 483 g/mol. The first-order chi connectivity index (χ1) is 16.2. The van der Waals surface area contributed by atoms with E-state index in [-0.39, 0.29) is 28.9 Å². The van der Waals surface area contributed by atoms with E-state index in [0.717, 1.165) is 24.0 Å². The van der Waals surface area contributed by atoms with Crippen molar-refractivity contribution in [2.24, 2.45) is 4.99 Å². The third-order valence-electron chi connectivity index (χ3n) is 6.15. The molecule has 0 aliphatic heterocycles. The van der Waals surface area contributed by atoms with Crippen LogP contribution in [-0.4, -0.2) is 33.2 Å². The van der Waals surface area contributed by atoms with Gasteiger partial charge in [0.2, 0.25) is 5.62 Å². The van der Waals surface area contributed by atoms with E-state index in [4.69, 9.17) is 4.74 Å². The largest absolute Gasteiger partial charge is 0.507 e. The summed E-state index contributed by atoms with van der Waals surface area (Å²) in [5.74, 6) is 0.0968. The Kier molecular flexibility index (Phi) is 8.93. The lowest BCUT2D eigenvalue weighted by Crippen LogP contribution is -2.30. The summed E-state index contributed by atoms with van der Waals surface area (Å²) < 4.78 is 8.23. The van der Waals surface area contributed by atoms with E-state index >= 15 is 0 Å². The zero-order chi connectivity index (χ0) is 26.6. The Morgan fingerprint density at radius 1 is 0.971 bits per heavy atom. The van der Waals surface area contributed by atoms with Crippen molar-refractivity contribution in [3.05, 3.63) is 58.5 Å². The van der Waals surface area contributed by atoms with Gasteiger partial charge >= 0.3 is 6.09 Å². The summed E-state index contributed by atoms with van der Waals surface area (Å²) in [6.07, 6.45) is 6.86. The van der Waals surface area contributed by atoms with E-state index in [2.05, 4.69) is 24.9 Å². The number of phenolic OH excluding ortho intramolecular Hbond substituents is 1. The minimum atomic E-state index is -0.726. The Morgan fingerprint density at radius 3 is 1.94 bits per heavy atom. The van der Waals surface area contributed by atoms with Crippen LogP contribution in [0.4, 0.5) is 4.79 Å². The number of phenols is 1. The average Bonchev–Trinajstić information content (AvgIpc) is 3.13. The molecule has 35 heavy (non-hydrogen) atoms. The van der Waals surface area contributed by atoms with Crippen LogP contribution in [0.2, 0.25) is 0 Å². The summed E-state index contributed by atoms with van der Waals surface area (Å²) >= 11 is 0. The molecule has 0 spiro atoms.